The van der Waals surface area contributed by atoms with Gasteiger partial charge in [0.25, 0.3) is 0 Å². The Hall–Kier alpha value is -1.58. The van der Waals surface area contributed by atoms with E-state index in [9.17, 15) is 4.79 Å². The van der Waals surface area contributed by atoms with Crippen molar-refractivity contribution in [1.29, 1.82) is 0 Å². The van der Waals surface area contributed by atoms with E-state index < -0.39 is 5.75 Å². The van der Waals surface area contributed by atoms with Crippen molar-refractivity contribution in [2.75, 3.05) is 0 Å². The van der Waals surface area contributed by atoms with Gasteiger partial charge in [0.1, 0.15) is 0 Å². The van der Waals surface area contributed by atoms with Crippen LogP contribution in [0.25, 0.3) is 0 Å². The Morgan fingerprint density at radius 2 is 2.18 bits per heavy atom. The number of nitrogens with zero attached hydrogens (tertiary/aromatic N) is 1. The largest absolute Gasteiger partial charge is 0.504 e. The minimum absolute atomic E-state index is 0.106. The number of aromatic nitrogens is 1. The number of ketones is 1. The summed E-state index contributed by atoms with van der Waals surface area (Å²) in [7, 11) is 0. The molecule has 0 aliphatic rings. The molecule has 0 saturated carbocycles. The molecule has 0 unspecified atom stereocenters. The molecule has 0 aliphatic heterocycles. The fraction of sp³-hybridized carbons (Fsp3) is 0.143. The van der Waals surface area contributed by atoms with Crippen molar-refractivity contribution < 1.29 is 15.0 Å². The summed E-state index contributed by atoms with van der Waals surface area (Å²) in [4.78, 5) is 14.3. The third-order valence-electron chi connectivity index (χ3n) is 1.24. The van der Waals surface area contributed by atoms with E-state index in [-0.39, 0.29) is 17.2 Å². The van der Waals surface area contributed by atoms with Gasteiger partial charge in [-0.3, -0.25) is 4.79 Å². The summed E-state index contributed by atoms with van der Waals surface area (Å²) in [6, 6.07) is 1.21. The van der Waals surface area contributed by atoms with Crippen LogP contribution in [0.3, 0.4) is 0 Å². The zero-order valence-corrected chi connectivity index (χ0v) is 5.90. The standard InChI is InChI=1S/C7H7NO3/c1-4(9)6-7(11)5(10)2-3-8-6/h2-3,11H,1H3,(H,8,10). The minimum atomic E-state index is -0.458. The summed E-state index contributed by atoms with van der Waals surface area (Å²) in [6.45, 7) is 1.27. The molecule has 0 amide bonds. The summed E-state index contributed by atoms with van der Waals surface area (Å²) < 4.78 is 0. The number of carbonyl (C=O) groups excluding carboxylic acids is 1. The van der Waals surface area contributed by atoms with Gasteiger partial charge in [0.15, 0.2) is 23.0 Å². The first kappa shape index (κ1) is 7.53. The molecular formula is C7H7NO3. The predicted octanol–water partition coefficient (Wildman–Crippen LogP) is 0.695. The van der Waals surface area contributed by atoms with Crippen LogP contribution < -0.4 is 0 Å². The number of carbonyl (C=O) groups is 1. The Bertz CT molecular complexity index is 296. The van der Waals surface area contributed by atoms with Crippen molar-refractivity contribution in [2.24, 2.45) is 0 Å². The summed E-state index contributed by atoms with van der Waals surface area (Å²) in [5.41, 5.74) is -0.106. The van der Waals surface area contributed by atoms with E-state index in [2.05, 4.69) is 4.98 Å². The number of aromatic hydroxyl groups is 2. The molecule has 1 heterocycles. The highest BCUT2D eigenvalue weighted by Crippen LogP contribution is 2.26. The molecule has 0 aliphatic carbocycles. The Balaban J connectivity index is 3.27. The van der Waals surface area contributed by atoms with E-state index in [1.54, 1.807) is 0 Å². The highest BCUT2D eigenvalue weighted by atomic mass is 16.3. The smallest absolute Gasteiger partial charge is 0.187 e. The van der Waals surface area contributed by atoms with Crippen molar-refractivity contribution in [1.82, 2.24) is 4.98 Å². The lowest BCUT2D eigenvalue weighted by atomic mass is 10.2. The van der Waals surface area contributed by atoms with E-state index >= 15 is 0 Å². The Morgan fingerprint density at radius 1 is 1.55 bits per heavy atom. The molecule has 1 aromatic rings. The van der Waals surface area contributed by atoms with Crippen LogP contribution in [0.5, 0.6) is 11.5 Å². The maximum atomic E-state index is 10.7. The third-order valence-corrected chi connectivity index (χ3v) is 1.24. The molecule has 58 valence electrons. The zero-order chi connectivity index (χ0) is 8.43. The van der Waals surface area contributed by atoms with Crippen LogP contribution in [0.15, 0.2) is 12.3 Å². The van der Waals surface area contributed by atoms with Gasteiger partial charge in [0.2, 0.25) is 0 Å². The SMILES string of the molecule is CC(=O)c1nccc(O)c1O. The summed E-state index contributed by atoms with van der Waals surface area (Å²) >= 11 is 0. The Morgan fingerprint density at radius 3 is 2.64 bits per heavy atom. The fourth-order valence-electron chi connectivity index (χ4n) is 0.701. The van der Waals surface area contributed by atoms with Gasteiger partial charge in [0.05, 0.1) is 0 Å². The van der Waals surface area contributed by atoms with E-state index in [4.69, 9.17) is 10.2 Å². The van der Waals surface area contributed by atoms with Gasteiger partial charge in [-0.15, -0.1) is 0 Å². The topological polar surface area (TPSA) is 70.4 Å². The monoisotopic (exact) mass is 153 g/mol. The van der Waals surface area contributed by atoms with Crippen molar-refractivity contribution in [2.45, 2.75) is 6.92 Å². The molecule has 0 aromatic carbocycles. The quantitative estimate of drug-likeness (QED) is 0.582. The van der Waals surface area contributed by atoms with Gasteiger partial charge >= 0.3 is 0 Å². The van der Waals surface area contributed by atoms with Crippen LogP contribution >= 0.6 is 0 Å². The van der Waals surface area contributed by atoms with Crippen molar-refractivity contribution in [3.8, 4) is 11.5 Å². The molecule has 0 bridgehead atoms. The average Bonchev–Trinajstić information content (AvgIpc) is 1.94. The molecule has 2 N–H and O–H groups in total. The van der Waals surface area contributed by atoms with Crippen LogP contribution in [0.1, 0.15) is 17.4 Å². The van der Waals surface area contributed by atoms with Crippen LogP contribution in [0.4, 0.5) is 0 Å². The number of hydrogen-bond acceptors (Lipinski definition) is 4. The Labute approximate surface area is 63.1 Å². The van der Waals surface area contributed by atoms with Gasteiger partial charge in [-0.1, -0.05) is 0 Å². The first-order chi connectivity index (χ1) is 5.13. The van der Waals surface area contributed by atoms with Gasteiger partial charge in [-0.2, -0.15) is 0 Å². The van der Waals surface area contributed by atoms with E-state index in [0.717, 1.165) is 0 Å². The maximum Gasteiger partial charge on any atom is 0.187 e. The van der Waals surface area contributed by atoms with Gasteiger partial charge in [-0.05, 0) is 0 Å². The molecular weight excluding hydrogens is 146 g/mol. The average molecular weight is 153 g/mol. The second-order valence-electron chi connectivity index (χ2n) is 2.08. The number of rotatable bonds is 1. The molecule has 0 spiro atoms. The highest BCUT2D eigenvalue weighted by Gasteiger charge is 2.10. The minimum Gasteiger partial charge on any atom is -0.504 e. The molecule has 11 heavy (non-hydrogen) atoms. The second-order valence-corrected chi connectivity index (χ2v) is 2.08. The number of Topliss-reactive ketones (excluding diaryl/α,β-unsaturated/α-hetero) is 1. The van der Waals surface area contributed by atoms with Crippen LogP contribution in [-0.2, 0) is 0 Å². The fourth-order valence-corrected chi connectivity index (χ4v) is 0.701. The van der Waals surface area contributed by atoms with Gasteiger partial charge < -0.3 is 10.2 Å². The molecule has 1 aromatic heterocycles. The molecule has 0 radical (unpaired) electrons. The predicted molar refractivity (Wildman–Crippen MR) is 37.6 cm³/mol. The summed E-state index contributed by atoms with van der Waals surface area (Å²) in [5, 5.41) is 17.9. The van der Waals surface area contributed by atoms with Crippen molar-refractivity contribution >= 4 is 5.78 Å². The Kier molecular flexibility index (Phi) is 1.76. The van der Waals surface area contributed by atoms with Gasteiger partial charge in [0, 0.05) is 19.2 Å². The normalized spacial score (nSPS) is 9.55. The van der Waals surface area contributed by atoms with Crippen LogP contribution in [0, 0.1) is 0 Å². The molecule has 4 nitrogen and oxygen atoms in total. The van der Waals surface area contributed by atoms with E-state index in [1.165, 1.54) is 19.2 Å². The molecule has 0 fully saturated rings. The number of pyridine rings is 1. The lowest BCUT2D eigenvalue weighted by Gasteiger charge is -1.99. The summed E-state index contributed by atoms with van der Waals surface area (Å²) in [6.07, 6.45) is 1.26. The van der Waals surface area contributed by atoms with Crippen molar-refractivity contribution in [3.05, 3.63) is 18.0 Å². The second kappa shape index (κ2) is 2.57. The lowest BCUT2D eigenvalue weighted by molar-refractivity contribution is 0.100. The third kappa shape index (κ3) is 1.29. The van der Waals surface area contributed by atoms with E-state index in [1.807, 2.05) is 0 Å². The number of hydrogen-bond donors (Lipinski definition) is 2. The van der Waals surface area contributed by atoms with Crippen molar-refractivity contribution in [3.63, 3.8) is 0 Å². The zero-order valence-electron chi connectivity index (χ0n) is 5.90. The maximum absolute atomic E-state index is 10.7. The van der Waals surface area contributed by atoms with Crippen LogP contribution in [0.2, 0.25) is 0 Å². The molecule has 1 rings (SSSR count). The molecule has 4 heteroatoms. The van der Waals surface area contributed by atoms with Gasteiger partial charge in [-0.25, -0.2) is 4.98 Å². The molecule has 0 atom stereocenters. The first-order valence-electron chi connectivity index (χ1n) is 3.01. The summed E-state index contributed by atoms with van der Waals surface area (Å²) in [5.74, 6) is -1.16. The highest BCUT2D eigenvalue weighted by molar-refractivity contribution is 5.95. The first-order valence-corrected chi connectivity index (χ1v) is 3.01. The lowest BCUT2D eigenvalue weighted by Crippen LogP contribution is -1.95. The molecule has 0 saturated heterocycles. The van der Waals surface area contributed by atoms with E-state index in [0.29, 0.717) is 0 Å². The van der Waals surface area contributed by atoms with Crippen LogP contribution in [-0.4, -0.2) is 21.0 Å².